The van der Waals surface area contributed by atoms with E-state index >= 15 is 0 Å². The van der Waals surface area contributed by atoms with Gasteiger partial charge in [0.05, 0.1) is 17.3 Å². The summed E-state index contributed by atoms with van der Waals surface area (Å²) in [4.78, 5) is 42.4. The van der Waals surface area contributed by atoms with E-state index in [0.717, 1.165) is 0 Å². The van der Waals surface area contributed by atoms with Crippen LogP contribution in [0.15, 0.2) is 47.4 Å². The van der Waals surface area contributed by atoms with Crippen LogP contribution in [0.2, 0.25) is 0 Å². The van der Waals surface area contributed by atoms with Crippen molar-refractivity contribution >= 4 is 23.2 Å². The maximum Gasteiger partial charge on any atom is 0.258 e. The maximum atomic E-state index is 12.9. The van der Waals surface area contributed by atoms with Crippen LogP contribution in [0.1, 0.15) is 17.3 Å². The monoisotopic (exact) mass is 311 g/mol. The van der Waals surface area contributed by atoms with Crippen LogP contribution >= 0.6 is 0 Å². The summed E-state index contributed by atoms with van der Waals surface area (Å²) in [7, 11) is 1.71. The smallest absolute Gasteiger partial charge is 0.258 e. The molecular formula is C17H17N3O3. The highest BCUT2D eigenvalue weighted by atomic mass is 16.2. The van der Waals surface area contributed by atoms with Crippen LogP contribution in [-0.2, 0) is 4.79 Å². The van der Waals surface area contributed by atoms with Gasteiger partial charge in [-0.25, -0.2) is 0 Å². The number of rotatable bonds is 1. The number of benzene rings is 1. The molecule has 0 aliphatic carbocycles. The number of aromatic nitrogens is 1. The fraction of sp³-hybridized carbons (Fsp3) is 0.235. The van der Waals surface area contributed by atoms with Gasteiger partial charge in [0.25, 0.3) is 5.91 Å². The highest BCUT2D eigenvalue weighted by molar-refractivity contribution is 6.11. The van der Waals surface area contributed by atoms with Gasteiger partial charge in [0.15, 0.2) is 0 Å². The lowest BCUT2D eigenvalue weighted by Crippen LogP contribution is -2.37. The Morgan fingerprint density at radius 2 is 1.87 bits per heavy atom. The van der Waals surface area contributed by atoms with Gasteiger partial charge in [-0.2, -0.15) is 0 Å². The van der Waals surface area contributed by atoms with E-state index in [-0.39, 0.29) is 29.8 Å². The predicted molar refractivity (Wildman–Crippen MR) is 87.8 cm³/mol. The molecule has 1 unspecified atom stereocenters. The quantitative estimate of drug-likeness (QED) is 0.870. The van der Waals surface area contributed by atoms with Gasteiger partial charge in [-0.05, 0) is 18.2 Å². The van der Waals surface area contributed by atoms with Crippen molar-refractivity contribution in [1.82, 2.24) is 4.98 Å². The Hall–Kier alpha value is -2.89. The predicted octanol–water partition coefficient (Wildman–Crippen LogP) is 1.63. The summed E-state index contributed by atoms with van der Waals surface area (Å²) in [5, 5.41) is 0. The first-order chi connectivity index (χ1) is 11.0. The second-order valence-corrected chi connectivity index (χ2v) is 5.64. The lowest BCUT2D eigenvalue weighted by atomic mass is 10.1. The van der Waals surface area contributed by atoms with Crippen molar-refractivity contribution in [2.24, 2.45) is 5.92 Å². The molecule has 1 aromatic carbocycles. The fourth-order valence-corrected chi connectivity index (χ4v) is 2.80. The van der Waals surface area contributed by atoms with Gasteiger partial charge < -0.3 is 14.8 Å². The highest BCUT2D eigenvalue weighted by Gasteiger charge is 2.32. The van der Waals surface area contributed by atoms with E-state index in [1.807, 2.05) is 24.3 Å². The maximum absolute atomic E-state index is 12.9. The zero-order chi connectivity index (χ0) is 16.6. The van der Waals surface area contributed by atoms with Crippen LogP contribution in [0, 0.1) is 5.92 Å². The number of fused-ring (bicyclic) bond motifs is 1. The average Bonchev–Trinajstić information content (AvgIpc) is 2.65. The summed E-state index contributed by atoms with van der Waals surface area (Å²) in [6.07, 6.45) is 1.44. The molecule has 1 aromatic heterocycles. The first kappa shape index (κ1) is 15.0. The number of nitrogens with one attached hydrogen (secondary N) is 1. The summed E-state index contributed by atoms with van der Waals surface area (Å²) in [6, 6.07) is 10.1. The Bertz CT molecular complexity index is 828. The highest BCUT2D eigenvalue weighted by Crippen LogP contribution is 2.33. The third-order valence-electron chi connectivity index (χ3n) is 4.01. The Morgan fingerprint density at radius 1 is 1.17 bits per heavy atom. The Morgan fingerprint density at radius 3 is 2.57 bits per heavy atom. The van der Waals surface area contributed by atoms with Gasteiger partial charge >= 0.3 is 0 Å². The number of carbonyl (C=O) groups is 2. The van der Waals surface area contributed by atoms with Gasteiger partial charge in [0.2, 0.25) is 11.5 Å². The molecule has 0 fully saturated rings. The van der Waals surface area contributed by atoms with Crippen molar-refractivity contribution in [3.8, 4) is 0 Å². The minimum absolute atomic E-state index is 0.0429. The van der Waals surface area contributed by atoms with Crippen LogP contribution in [0.25, 0.3) is 0 Å². The zero-order valence-electron chi connectivity index (χ0n) is 12.9. The number of H-pyrrole nitrogens is 1. The van der Waals surface area contributed by atoms with Gasteiger partial charge in [-0.1, -0.05) is 19.1 Å². The van der Waals surface area contributed by atoms with Crippen LogP contribution < -0.4 is 15.4 Å². The molecule has 3 rings (SSSR count). The summed E-state index contributed by atoms with van der Waals surface area (Å²) < 4.78 is 0. The summed E-state index contributed by atoms with van der Waals surface area (Å²) in [5.74, 6) is -0.671. The van der Waals surface area contributed by atoms with Crippen molar-refractivity contribution < 1.29 is 9.59 Å². The van der Waals surface area contributed by atoms with E-state index in [2.05, 4.69) is 4.98 Å². The molecule has 0 bridgehead atoms. The standard InChI is InChI=1S/C17H17N3O3/c1-11-10-20(17(23)12-7-8-18-15(21)9-12)14-6-4-3-5-13(14)19(2)16(11)22/h3-9,11H,10H2,1-2H3,(H,18,21). The second-order valence-electron chi connectivity index (χ2n) is 5.64. The molecule has 1 atom stereocenters. The molecule has 0 spiro atoms. The SMILES string of the molecule is CC1CN(C(=O)c2cc[nH]c(=O)c2)c2ccccc2N(C)C1=O. The topological polar surface area (TPSA) is 73.5 Å². The van der Waals surface area contributed by atoms with Crippen LogP contribution in [-0.4, -0.2) is 30.4 Å². The molecule has 2 aromatic rings. The molecule has 6 heteroatoms. The number of aromatic amines is 1. The van der Waals surface area contributed by atoms with Gasteiger partial charge in [-0.15, -0.1) is 0 Å². The van der Waals surface area contributed by atoms with Crippen molar-refractivity contribution in [2.75, 3.05) is 23.4 Å². The van der Waals surface area contributed by atoms with E-state index in [1.165, 1.54) is 12.3 Å². The summed E-state index contributed by atoms with van der Waals surface area (Å²) in [5.41, 5.74) is 1.31. The first-order valence-electron chi connectivity index (χ1n) is 7.36. The Labute approximate surface area is 133 Å². The number of para-hydroxylation sites is 2. The molecule has 2 heterocycles. The Balaban J connectivity index is 2.11. The number of anilines is 2. The molecule has 6 nitrogen and oxygen atoms in total. The van der Waals surface area contributed by atoms with Crippen molar-refractivity contribution in [2.45, 2.75) is 6.92 Å². The molecule has 118 valence electrons. The van der Waals surface area contributed by atoms with Crippen LogP contribution in [0.4, 0.5) is 11.4 Å². The molecule has 2 amide bonds. The minimum Gasteiger partial charge on any atom is -0.329 e. The number of hydrogen-bond acceptors (Lipinski definition) is 3. The van der Waals surface area contributed by atoms with E-state index in [0.29, 0.717) is 16.9 Å². The third-order valence-corrected chi connectivity index (χ3v) is 4.01. The normalized spacial score (nSPS) is 17.7. The largest absolute Gasteiger partial charge is 0.329 e. The van der Waals surface area contributed by atoms with E-state index in [4.69, 9.17) is 0 Å². The fourth-order valence-electron chi connectivity index (χ4n) is 2.80. The number of carbonyl (C=O) groups excluding carboxylic acids is 2. The molecule has 1 aliphatic rings. The molecule has 23 heavy (non-hydrogen) atoms. The zero-order valence-corrected chi connectivity index (χ0v) is 12.9. The number of hydrogen-bond donors (Lipinski definition) is 1. The number of nitrogens with zero attached hydrogens (tertiary/aromatic N) is 2. The van der Waals surface area contributed by atoms with E-state index < -0.39 is 0 Å². The molecular weight excluding hydrogens is 294 g/mol. The molecule has 0 saturated carbocycles. The third kappa shape index (κ3) is 2.63. The second kappa shape index (κ2) is 5.72. The number of amides is 2. The van der Waals surface area contributed by atoms with Crippen molar-refractivity contribution in [3.05, 3.63) is 58.5 Å². The molecule has 0 saturated heterocycles. The lowest BCUT2D eigenvalue weighted by Gasteiger charge is -2.24. The minimum atomic E-state index is -0.335. The first-order valence-corrected chi connectivity index (χ1v) is 7.36. The lowest BCUT2D eigenvalue weighted by molar-refractivity contribution is -0.121. The van der Waals surface area contributed by atoms with Gasteiger partial charge in [-0.3, -0.25) is 14.4 Å². The van der Waals surface area contributed by atoms with Crippen molar-refractivity contribution in [3.63, 3.8) is 0 Å². The molecule has 1 N–H and O–H groups in total. The van der Waals surface area contributed by atoms with E-state index in [9.17, 15) is 14.4 Å². The van der Waals surface area contributed by atoms with Crippen molar-refractivity contribution in [1.29, 1.82) is 0 Å². The van der Waals surface area contributed by atoms with Gasteiger partial charge in [0, 0.05) is 31.4 Å². The molecule has 1 aliphatic heterocycles. The van der Waals surface area contributed by atoms with Gasteiger partial charge in [0.1, 0.15) is 0 Å². The average molecular weight is 311 g/mol. The van der Waals surface area contributed by atoms with Crippen LogP contribution in [0.5, 0.6) is 0 Å². The van der Waals surface area contributed by atoms with Crippen LogP contribution in [0.3, 0.4) is 0 Å². The summed E-state index contributed by atoms with van der Waals surface area (Å²) in [6.45, 7) is 2.06. The summed E-state index contributed by atoms with van der Waals surface area (Å²) >= 11 is 0. The number of pyridine rings is 1. The Kier molecular flexibility index (Phi) is 3.73. The van der Waals surface area contributed by atoms with E-state index in [1.54, 1.807) is 29.8 Å². The molecule has 0 radical (unpaired) electrons.